The van der Waals surface area contributed by atoms with Gasteiger partial charge in [-0.1, -0.05) is 18.2 Å². The maximum Gasteiger partial charge on any atom is 0.195 e. The van der Waals surface area contributed by atoms with E-state index in [1.54, 1.807) is 14.2 Å². The lowest BCUT2D eigenvalue weighted by Crippen LogP contribution is -2.46. The number of methoxy groups -OCH3 is 2. The zero-order valence-electron chi connectivity index (χ0n) is 14.8. The first kappa shape index (κ1) is 17.0. The van der Waals surface area contributed by atoms with Crippen molar-refractivity contribution < 1.29 is 24.1 Å². The molecular weight excluding hydrogens is 320 g/mol. The fourth-order valence-electron chi connectivity index (χ4n) is 4.49. The van der Waals surface area contributed by atoms with E-state index in [4.69, 9.17) is 18.9 Å². The number of hydrogen-bond donors (Lipinski definition) is 1. The molecule has 0 saturated carbocycles. The Labute approximate surface area is 148 Å². The summed E-state index contributed by atoms with van der Waals surface area (Å²) in [7, 11) is 3.34. The van der Waals surface area contributed by atoms with E-state index in [-0.39, 0.29) is 18.1 Å². The maximum atomic E-state index is 10.4. The number of ether oxygens (including phenoxy) is 4. The summed E-state index contributed by atoms with van der Waals surface area (Å²) in [5.41, 5.74) is 2.11. The molecule has 1 aliphatic carbocycles. The molecule has 3 aliphatic rings. The van der Waals surface area contributed by atoms with E-state index < -0.39 is 11.9 Å². The van der Waals surface area contributed by atoms with Gasteiger partial charge in [0.15, 0.2) is 5.79 Å². The van der Waals surface area contributed by atoms with E-state index in [0.717, 1.165) is 29.7 Å². The number of allylic oxidation sites excluding steroid dienone is 1. The molecule has 0 spiro atoms. The summed E-state index contributed by atoms with van der Waals surface area (Å²) in [6.45, 7) is 0.508. The third kappa shape index (κ3) is 2.89. The predicted octanol–water partition coefficient (Wildman–Crippen LogP) is 2.81. The fraction of sp³-hybridized carbons (Fsp3) is 0.600. The fourth-order valence-corrected chi connectivity index (χ4v) is 4.49. The van der Waals surface area contributed by atoms with Gasteiger partial charge in [0.25, 0.3) is 0 Å². The van der Waals surface area contributed by atoms with Crippen molar-refractivity contribution in [2.75, 3.05) is 14.2 Å². The van der Waals surface area contributed by atoms with Crippen LogP contribution in [0.3, 0.4) is 0 Å². The SMILES string of the molecule is COc1ccc(CO[C@@H]2[C@@H]3CCC=C4[C@H](O)CC[C@]2(OC)O[C@@H]43)cc1. The van der Waals surface area contributed by atoms with Gasteiger partial charge in [-0.2, -0.15) is 0 Å². The average Bonchev–Trinajstić information content (AvgIpc) is 2.90. The second-order valence-electron chi connectivity index (χ2n) is 7.13. The predicted molar refractivity (Wildman–Crippen MR) is 92.2 cm³/mol. The lowest BCUT2D eigenvalue weighted by molar-refractivity contribution is -0.253. The molecule has 2 saturated heterocycles. The molecule has 0 aromatic heterocycles. The Bertz CT molecular complexity index is 640. The molecule has 0 amide bonds. The van der Waals surface area contributed by atoms with Crippen molar-refractivity contribution in [3.05, 3.63) is 41.5 Å². The van der Waals surface area contributed by atoms with Crippen molar-refractivity contribution in [1.82, 2.24) is 0 Å². The molecule has 0 radical (unpaired) electrons. The first-order chi connectivity index (χ1) is 12.2. The maximum absolute atomic E-state index is 10.4. The molecule has 136 valence electrons. The van der Waals surface area contributed by atoms with Gasteiger partial charge in [0.1, 0.15) is 11.9 Å². The lowest BCUT2D eigenvalue weighted by atomic mass is 9.77. The van der Waals surface area contributed by atoms with Gasteiger partial charge in [-0.25, -0.2) is 0 Å². The minimum atomic E-state index is -0.761. The molecule has 4 rings (SSSR count). The molecule has 1 aromatic carbocycles. The van der Waals surface area contributed by atoms with Crippen LogP contribution in [0.2, 0.25) is 0 Å². The van der Waals surface area contributed by atoms with Crippen LogP contribution in [0.15, 0.2) is 35.9 Å². The molecule has 2 fully saturated rings. The highest BCUT2D eigenvalue weighted by Crippen LogP contribution is 2.51. The summed E-state index contributed by atoms with van der Waals surface area (Å²) >= 11 is 0. The van der Waals surface area contributed by atoms with Crippen LogP contribution < -0.4 is 4.74 Å². The number of benzene rings is 1. The van der Waals surface area contributed by atoms with Crippen molar-refractivity contribution in [2.45, 2.75) is 56.4 Å². The molecule has 0 unspecified atom stereocenters. The summed E-state index contributed by atoms with van der Waals surface area (Å²) in [5, 5.41) is 10.4. The van der Waals surface area contributed by atoms with Gasteiger partial charge < -0.3 is 24.1 Å². The van der Waals surface area contributed by atoms with Crippen LogP contribution in [0.5, 0.6) is 5.75 Å². The number of rotatable bonds is 5. The van der Waals surface area contributed by atoms with E-state index in [2.05, 4.69) is 6.08 Å². The third-order valence-electron chi connectivity index (χ3n) is 5.83. The summed E-state index contributed by atoms with van der Waals surface area (Å²) in [6.07, 6.45) is 4.75. The minimum Gasteiger partial charge on any atom is -0.497 e. The second-order valence-corrected chi connectivity index (χ2v) is 7.13. The van der Waals surface area contributed by atoms with Crippen molar-refractivity contribution in [2.24, 2.45) is 5.92 Å². The smallest absolute Gasteiger partial charge is 0.195 e. The Morgan fingerprint density at radius 2 is 2.00 bits per heavy atom. The Hall–Kier alpha value is -1.40. The third-order valence-corrected chi connectivity index (χ3v) is 5.83. The first-order valence-corrected chi connectivity index (χ1v) is 9.02. The molecular formula is C20H26O5. The highest BCUT2D eigenvalue weighted by molar-refractivity contribution is 5.27. The highest BCUT2D eigenvalue weighted by atomic mass is 16.7. The Morgan fingerprint density at radius 1 is 1.20 bits per heavy atom. The van der Waals surface area contributed by atoms with E-state index in [9.17, 15) is 5.11 Å². The zero-order valence-corrected chi connectivity index (χ0v) is 14.8. The van der Waals surface area contributed by atoms with Gasteiger partial charge >= 0.3 is 0 Å². The average molecular weight is 346 g/mol. The van der Waals surface area contributed by atoms with Gasteiger partial charge in [-0.3, -0.25) is 0 Å². The van der Waals surface area contributed by atoms with Crippen molar-refractivity contribution in [3.63, 3.8) is 0 Å². The summed E-state index contributed by atoms with van der Waals surface area (Å²) in [5.74, 6) is 0.306. The Kier molecular flexibility index (Phi) is 4.58. The monoisotopic (exact) mass is 346 g/mol. The molecule has 2 heterocycles. The normalized spacial score (nSPS) is 36.7. The van der Waals surface area contributed by atoms with Gasteiger partial charge in [0.2, 0.25) is 0 Å². The van der Waals surface area contributed by atoms with Gasteiger partial charge in [-0.15, -0.1) is 0 Å². The number of aliphatic hydroxyl groups is 1. The number of aliphatic hydroxyl groups excluding tert-OH is 1. The molecule has 2 aliphatic heterocycles. The van der Waals surface area contributed by atoms with Crippen molar-refractivity contribution in [3.8, 4) is 5.75 Å². The van der Waals surface area contributed by atoms with Gasteiger partial charge in [-0.05, 0) is 42.5 Å². The highest BCUT2D eigenvalue weighted by Gasteiger charge is 2.59. The van der Waals surface area contributed by atoms with Crippen LogP contribution in [0.25, 0.3) is 0 Å². The first-order valence-electron chi connectivity index (χ1n) is 9.02. The Balaban J connectivity index is 1.55. The van der Waals surface area contributed by atoms with Crippen molar-refractivity contribution >= 4 is 0 Å². The van der Waals surface area contributed by atoms with Crippen LogP contribution in [-0.2, 0) is 20.8 Å². The quantitative estimate of drug-likeness (QED) is 0.831. The summed E-state index contributed by atoms with van der Waals surface area (Å²) in [6, 6.07) is 7.92. The molecule has 5 heteroatoms. The molecule has 5 nitrogen and oxygen atoms in total. The number of fused-ring (bicyclic) bond motifs is 1. The van der Waals surface area contributed by atoms with E-state index >= 15 is 0 Å². The molecule has 2 bridgehead atoms. The van der Waals surface area contributed by atoms with Crippen LogP contribution in [0.1, 0.15) is 31.2 Å². The van der Waals surface area contributed by atoms with Crippen LogP contribution >= 0.6 is 0 Å². The minimum absolute atomic E-state index is 0.0907. The molecule has 5 atom stereocenters. The molecule has 25 heavy (non-hydrogen) atoms. The summed E-state index contributed by atoms with van der Waals surface area (Å²) in [4.78, 5) is 0. The topological polar surface area (TPSA) is 57.2 Å². The van der Waals surface area contributed by atoms with Crippen LogP contribution in [-0.4, -0.2) is 43.4 Å². The standard InChI is InChI=1S/C20H26O5/c1-22-14-8-6-13(7-9-14)12-24-19-16-5-3-4-15-17(21)10-11-20(19,23-2)25-18(15)16/h4,6-9,16-19,21H,3,5,10-12H2,1-2H3/t16-,17-,18+,19-,20+/m1/s1. The van der Waals surface area contributed by atoms with Gasteiger partial charge in [0, 0.05) is 19.4 Å². The lowest BCUT2D eigenvalue weighted by Gasteiger charge is -2.36. The van der Waals surface area contributed by atoms with Crippen LogP contribution in [0.4, 0.5) is 0 Å². The van der Waals surface area contributed by atoms with E-state index in [1.165, 1.54) is 0 Å². The van der Waals surface area contributed by atoms with E-state index in [1.807, 2.05) is 24.3 Å². The van der Waals surface area contributed by atoms with Gasteiger partial charge in [0.05, 0.1) is 25.9 Å². The van der Waals surface area contributed by atoms with Crippen molar-refractivity contribution in [1.29, 1.82) is 0 Å². The van der Waals surface area contributed by atoms with Crippen LogP contribution in [0, 0.1) is 5.92 Å². The van der Waals surface area contributed by atoms with E-state index in [0.29, 0.717) is 19.4 Å². The summed E-state index contributed by atoms with van der Waals surface area (Å²) < 4.78 is 23.7. The number of hydrogen-bond acceptors (Lipinski definition) is 5. The molecule has 1 N–H and O–H groups in total. The molecule has 1 aromatic rings. The zero-order chi connectivity index (χ0) is 17.4. The Morgan fingerprint density at radius 3 is 2.72 bits per heavy atom. The largest absolute Gasteiger partial charge is 0.497 e. The second kappa shape index (κ2) is 6.72.